The molecule has 1 atom stereocenters. The molecule has 0 saturated heterocycles. The number of alkyl halides is 1. The SMILES string of the molecule is CCOc1cc(Br)ccc1C(=O)C(C)Br. The lowest BCUT2D eigenvalue weighted by Crippen LogP contribution is -2.12. The molecule has 0 aliphatic rings. The Labute approximate surface area is 106 Å². The summed E-state index contributed by atoms with van der Waals surface area (Å²) in [6, 6.07) is 5.42. The predicted molar refractivity (Wildman–Crippen MR) is 68.0 cm³/mol. The number of hydrogen-bond donors (Lipinski definition) is 0. The van der Waals surface area contributed by atoms with Crippen molar-refractivity contribution in [2.75, 3.05) is 6.61 Å². The highest BCUT2D eigenvalue weighted by molar-refractivity contribution is 9.10. The van der Waals surface area contributed by atoms with Crippen molar-refractivity contribution in [2.24, 2.45) is 0 Å². The van der Waals surface area contributed by atoms with Gasteiger partial charge < -0.3 is 4.74 Å². The second kappa shape index (κ2) is 5.66. The molecule has 0 N–H and O–H groups in total. The fraction of sp³-hybridized carbons (Fsp3) is 0.364. The molecular formula is C11H12Br2O2. The van der Waals surface area contributed by atoms with Gasteiger partial charge in [-0.1, -0.05) is 31.9 Å². The second-order valence-corrected chi connectivity index (χ2v) is 5.34. The molecule has 0 radical (unpaired) electrons. The molecule has 0 amide bonds. The van der Waals surface area contributed by atoms with Gasteiger partial charge in [-0.15, -0.1) is 0 Å². The van der Waals surface area contributed by atoms with Crippen molar-refractivity contribution in [1.82, 2.24) is 0 Å². The van der Waals surface area contributed by atoms with Gasteiger partial charge in [-0.2, -0.15) is 0 Å². The van der Waals surface area contributed by atoms with E-state index in [-0.39, 0.29) is 10.6 Å². The molecule has 0 aliphatic heterocycles. The van der Waals surface area contributed by atoms with E-state index in [1.807, 2.05) is 19.1 Å². The van der Waals surface area contributed by atoms with E-state index in [0.717, 1.165) is 4.47 Å². The van der Waals surface area contributed by atoms with Gasteiger partial charge in [0.15, 0.2) is 5.78 Å². The summed E-state index contributed by atoms with van der Waals surface area (Å²) in [6.45, 7) is 4.25. The Bertz CT molecular complexity index is 362. The Hall–Kier alpha value is -0.350. The highest BCUT2D eigenvalue weighted by Gasteiger charge is 2.16. The third-order valence-corrected chi connectivity index (χ3v) is 2.78. The number of carbonyl (C=O) groups excluding carboxylic acids is 1. The number of ether oxygens (including phenoxy) is 1. The van der Waals surface area contributed by atoms with Gasteiger partial charge in [-0.25, -0.2) is 0 Å². The van der Waals surface area contributed by atoms with Crippen LogP contribution in [0.4, 0.5) is 0 Å². The maximum Gasteiger partial charge on any atom is 0.179 e. The predicted octanol–water partition coefficient (Wildman–Crippen LogP) is 3.81. The lowest BCUT2D eigenvalue weighted by molar-refractivity contribution is 0.0992. The van der Waals surface area contributed by atoms with Crippen LogP contribution in [0.2, 0.25) is 0 Å². The molecular weight excluding hydrogens is 324 g/mol. The van der Waals surface area contributed by atoms with E-state index in [2.05, 4.69) is 31.9 Å². The van der Waals surface area contributed by atoms with E-state index < -0.39 is 0 Å². The molecule has 0 saturated carbocycles. The largest absolute Gasteiger partial charge is 0.493 e. The number of Topliss-reactive ketones (excluding diaryl/α,β-unsaturated/α-hetero) is 1. The van der Waals surface area contributed by atoms with Crippen molar-refractivity contribution >= 4 is 37.6 Å². The number of rotatable bonds is 4. The van der Waals surface area contributed by atoms with Crippen molar-refractivity contribution in [1.29, 1.82) is 0 Å². The maximum absolute atomic E-state index is 11.8. The van der Waals surface area contributed by atoms with E-state index in [9.17, 15) is 4.79 Å². The van der Waals surface area contributed by atoms with Crippen molar-refractivity contribution in [3.63, 3.8) is 0 Å². The highest BCUT2D eigenvalue weighted by Crippen LogP contribution is 2.26. The number of hydrogen-bond acceptors (Lipinski definition) is 2. The Morgan fingerprint density at radius 3 is 2.73 bits per heavy atom. The number of benzene rings is 1. The van der Waals surface area contributed by atoms with Crippen molar-refractivity contribution in [3.05, 3.63) is 28.2 Å². The van der Waals surface area contributed by atoms with Crippen molar-refractivity contribution < 1.29 is 9.53 Å². The van der Waals surface area contributed by atoms with E-state index >= 15 is 0 Å². The average molecular weight is 336 g/mol. The van der Waals surface area contributed by atoms with Crippen LogP contribution < -0.4 is 4.74 Å². The maximum atomic E-state index is 11.8. The highest BCUT2D eigenvalue weighted by atomic mass is 79.9. The summed E-state index contributed by atoms with van der Waals surface area (Å²) in [6.07, 6.45) is 0. The zero-order chi connectivity index (χ0) is 11.4. The zero-order valence-electron chi connectivity index (χ0n) is 8.59. The number of halogens is 2. The molecule has 0 aromatic heterocycles. The van der Waals surface area contributed by atoms with E-state index in [0.29, 0.717) is 17.9 Å². The quantitative estimate of drug-likeness (QED) is 0.617. The fourth-order valence-electron chi connectivity index (χ4n) is 1.19. The van der Waals surface area contributed by atoms with Gasteiger partial charge in [0.1, 0.15) is 5.75 Å². The van der Waals surface area contributed by atoms with Gasteiger partial charge in [0.2, 0.25) is 0 Å². The first-order valence-corrected chi connectivity index (χ1v) is 6.37. The molecule has 1 aromatic rings. The van der Waals surface area contributed by atoms with Crippen molar-refractivity contribution in [3.8, 4) is 5.75 Å². The summed E-state index contributed by atoms with van der Waals surface area (Å²) in [7, 11) is 0. The van der Waals surface area contributed by atoms with E-state index in [1.54, 1.807) is 13.0 Å². The summed E-state index contributed by atoms with van der Waals surface area (Å²) < 4.78 is 6.32. The summed E-state index contributed by atoms with van der Waals surface area (Å²) >= 11 is 6.61. The third-order valence-electron chi connectivity index (χ3n) is 1.87. The van der Waals surface area contributed by atoms with Crippen LogP contribution in [0.25, 0.3) is 0 Å². The Balaban J connectivity index is 3.10. The van der Waals surface area contributed by atoms with Gasteiger partial charge in [0, 0.05) is 4.47 Å². The standard InChI is InChI=1S/C11H12Br2O2/c1-3-15-10-6-8(13)4-5-9(10)11(14)7(2)12/h4-7H,3H2,1-2H3. The summed E-state index contributed by atoms with van der Waals surface area (Å²) in [5.41, 5.74) is 0.615. The topological polar surface area (TPSA) is 26.3 Å². The van der Waals surface area contributed by atoms with Gasteiger partial charge in [0.05, 0.1) is 17.0 Å². The molecule has 82 valence electrons. The summed E-state index contributed by atoms with van der Waals surface area (Å²) in [5.74, 6) is 0.661. The Kier molecular flexibility index (Phi) is 4.80. The minimum absolute atomic E-state index is 0.0333. The first-order chi connectivity index (χ1) is 7.06. The molecule has 15 heavy (non-hydrogen) atoms. The minimum Gasteiger partial charge on any atom is -0.493 e. The number of carbonyl (C=O) groups is 1. The second-order valence-electron chi connectivity index (χ2n) is 3.05. The fourth-order valence-corrected chi connectivity index (χ4v) is 1.78. The van der Waals surface area contributed by atoms with Crippen molar-refractivity contribution in [2.45, 2.75) is 18.7 Å². The van der Waals surface area contributed by atoms with Gasteiger partial charge >= 0.3 is 0 Å². The normalized spacial score (nSPS) is 12.3. The average Bonchev–Trinajstić information content (AvgIpc) is 2.17. The minimum atomic E-state index is -0.196. The van der Waals surface area contributed by atoms with Gasteiger partial charge in [-0.3, -0.25) is 4.79 Å². The molecule has 1 unspecified atom stereocenters. The molecule has 0 bridgehead atoms. The smallest absolute Gasteiger partial charge is 0.179 e. The van der Waals surface area contributed by atoms with Gasteiger partial charge in [0.25, 0.3) is 0 Å². The zero-order valence-corrected chi connectivity index (χ0v) is 11.8. The molecule has 1 rings (SSSR count). The molecule has 0 spiro atoms. The molecule has 1 aromatic carbocycles. The molecule has 2 nitrogen and oxygen atoms in total. The van der Waals surface area contributed by atoms with Crippen LogP contribution in [0.3, 0.4) is 0 Å². The van der Waals surface area contributed by atoms with E-state index in [4.69, 9.17) is 4.74 Å². The van der Waals surface area contributed by atoms with E-state index in [1.165, 1.54) is 0 Å². The van der Waals surface area contributed by atoms with Crippen LogP contribution in [-0.2, 0) is 0 Å². The van der Waals surface area contributed by atoms with Crippen LogP contribution >= 0.6 is 31.9 Å². The molecule has 0 fully saturated rings. The molecule has 0 heterocycles. The first-order valence-electron chi connectivity index (χ1n) is 4.67. The monoisotopic (exact) mass is 334 g/mol. The molecule has 0 aliphatic carbocycles. The van der Waals surface area contributed by atoms with Crippen LogP contribution in [0.15, 0.2) is 22.7 Å². The van der Waals surface area contributed by atoms with Crippen LogP contribution in [0.5, 0.6) is 5.75 Å². The van der Waals surface area contributed by atoms with Crippen LogP contribution in [0.1, 0.15) is 24.2 Å². The van der Waals surface area contributed by atoms with Gasteiger partial charge in [-0.05, 0) is 32.0 Å². The van der Waals surface area contributed by atoms with Crippen LogP contribution in [-0.4, -0.2) is 17.2 Å². The molecule has 4 heteroatoms. The number of ketones is 1. The summed E-state index contributed by atoms with van der Waals surface area (Å²) in [5, 5.41) is 0. The third kappa shape index (κ3) is 3.31. The first kappa shape index (κ1) is 12.7. The van der Waals surface area contributed by atoms with Crippen LogP contribution in [0, 0.1) is 0 Å². The lowest BCUT2D eigenvalue weighted by atomic mass is 10.1. The Morgan fingerprint density at radius 2 is 2.20 bits per heavy atom. The lowest BCUT2D eigenvalue weighted by Gasteiger charge is -2.10. The Morgan fingerprint density at radius 1 is 1.53 bits per heavy atom. The summed E-state index contributed by atoms with van der Waals surface area (Å²) in [4.78, 5) is 11.6.